The third-order valence-electron chi connectivity index (χ3n) is 4.05. The Bertz CT molecular complexity index is 867. The molecular formula is C17H23N3O3S. The van der Waals surface area contributed by atoms with Crippen molar-refractivity contribution in [2.45, 2.75) is 31.1 Å². The Morgan fingerprint density at radius 1 is 1.29 bits per heavy atom. The molecule has 0 fully saturated rings. The van der Waals surface area contributed by atoms with Gasteiger partial charge in [0.15, 0.2) is 0 Å². The number of aromatic nitrogens is 1. The van der Waals surface area contributed by atoms with Crippen molar-refractivity contribution in [2.75, 3.05) is 6.54 Å². The smallest absolute Gasteiger partial charge is 0.265 e. The summed E-state index contributed by atoms with van der Waals surface area (Å²) >= 11 is 0. The minimum atomic E-state index is -3.73. The maximum Gasteiger partial charge on any atom is 0.265 e. The van der Waals surface area contributed by atoms with E-state index in [-0.39, 0.29) is 22.5 Å². The van der Waals surface area contributed by atoms with Gasteiger partial charge in [0.05, 0.1) is 0 Å². The number of carbonyl (C=O) groups is 1. The van der Waals surface area contributed by atoms with Gasteiger partial charge in [-0.3, -0.25) is 4.79 Å². The summed E-state index contributed by atoms with van der Waals surface area (Å²) in [6, 6.07) is 9.26. The number of amides is 1. The van der Waals surface area contributed by atoms with Gasteiger partial charge in [0.2, 0.25) is 10.0 Å². The number of aryl methyl sites for hydroxylation is 2. The molecule has 24 heavy (non-hydrogen) atoms. The zero-order valence-corrected chi connectivity index (χ0v) is 15.1. The lowest BCUT2D eigenvalue weighted by molar-refractivity contribution is 0.0992. The van der Waals surface area contributed by atoms with Crippen LogP contribution in [0.5, 0.6) is 0 Å². The standard InChI is InChI=1S/C17H23N3O3S/c1-12-6-5-7-13(8-12)17(2,3)11-19-24(22,23)14-9-15(16(18)21)20(4)10-14/h5-10,19H,11H2,1-4H3,(H2,18,21). The summed E-state index contributed by atoms with van der Waals surface area (Å²) in [4.78, 5) is 11.3. The molecule has 1 aromatic heterocycles. The Kier molecular flexibility index (Phi) is 4.87. The molecule has 1 aromatic carbocycles. The molecule has 0 aliphatic rings. The highest BCUT2D eigenvalue weighted by molar-refractivity contribution is 7.89. The summed E-state index contributed by atoms with van der Waals surface area (Å²) in [5.41, 5.74) is 7.18. The summed E-state index contributed by atoms with van der Waals surface area (Å²) in [6.45, 7) is 6.19. The highest BCUT2D eigenvalue weighted by Crippen LogP contribution is 2.24. The molecule has 2 aromatic rings. The molecule has 2 rings (SSSR count). The third kappa shape index (κ3) is 3.85. The number of rotatable bonds is 6. The van der Waals surface area contributed by atoms with Gasteiger partial charge in [0.1, 0.15) is 10.6 Å². The van der Waals surface area contributed by atoms with Crippen LogP contribution in [0.4, 0.5) is 0 Å². The number of hydrogen-bond acceptors (Lipinski definition) is 3. The number of nitrogens with one attached hydrogen (secondary N) is 1. The second kappa shape index (κ2) is 6.41. The SMILES string of the molecule is Cc1cccc(C(C)(C)CNS(=O)(=O)c2cc(C(N)=O)n(C)c2)c1. The zero-order chi connectivity index (χ0) is 18.1. The molecule has 1 amide bonds. The van der Waals surface area contributed by atoms with Gasteiger partial charge in [-0.05, 0) is 18.6 Å². The minimum Gasteiger partial charge on any atom is -0.364 e. The predicted molar refractivity (Wildman–Crippen MR) is 93.3 cm³/mol. The molecule has 0 saturated carbocycles. The maximum atomic E-state index is 12.5. The first-order chi connectivity index (χ1) is 11.0. The van der Waals surface area contributed by atoms with Crippen molar-refractivity contribution in [2.24, 2.45) is 12.8 Å². The second-order valence-corrected chi connectivity index (χ2v) is 8.38. The van der Waals surface area contributed by atoms with Crippen LogP contribution in [0.15, 0.2) is 41.4 Å². The molecule has 3 N–H and O–H groups in total. The Labute approximate surface area is 142 Å². The van der Waals surface area contributed by atoms with Crippen LogP contribution in [0, 0.1) is 6.92 Å². The van der Waals surface area contributed by atoms with Crippen LogP contribution < -0.4 is 10.5 Å². The molecule has 0 radical (unpaired) electrons. The summed E-state index contributed by atoms with van der Waals surface area (Å²) in [6.07, 6.45) is 1.38. The van der Waals surface area contributed by atoms with Gasteiger partial charge in [0, 0.05) is 25.2 Å². The first kappa shape index (κ1) is 18.2. The van der Waals surface area contributed by atoms with Crippen molar-refractivity contribution in [1.29, 1.82) is 0 Å². The normalized spacial score (nSPS) is 12.3. The number of sulfonamides is 1. The molecule has 0 aliphatic heterocycles. The van der Waals surface area contributed by atoms with Gasteiger partial charge in [-0.25, -0.2) is 13.1 Å². The van der Waals surface area contributed by atoms with E-state index < -0.39 is 15.9 Å². The van der Waals surface area contributed by atoms with Gasteiger partial charge in [-0.1, -0.05) is 43.7 Å². The van der Waals surface area contributed by atoms with Gasteiger partial charge in [-0.15, -0.1) is 0 Å². The van der Waals surface area contributed by atoms with E-state index in [1.165, 1.54) is 16.8 Å². The Balaban J connectivity index is 2.21. The van der Waals surface area contributed by atoms with Crippen LogP contribution in [-0.4, -0.2) is 25.4 Å². The van der Waals surface area contributed by atoms with E-state index in [0.717, 1.165) is 11.1 Å². The zero-order valence-electron chi connectivity index (χ0n) is 14.3. The van der Waals surface area contributed by atoms with E-state index in [1.807, 2.05) is 45.0 Å². The van der Waals surface area contributed by atoms with Gasteiger partial charge >= 0.3 is 0 Å². The Morgan fingerprint density at radius 3 is 2.50 bits per heavy atom. The fourth-order valence-corrected chi connectivity index (χ4v) is 3.73. The Hall–Kier alpha value is -2.12. The van der Waals surface area contributed by atoms with Crippen LogP contribution in [0.1, 0.15) is 35.5 Å². The summed E-state index contributed by atoms with van der Waals surface area (Å²) in [5, 5.41) is 0. The third-order valence-corrected chi connectivity index (χ3v) is 5.41. The number of hydrogen-bond donors (Lipinski definition) is 2. The van der Waals surface area contributed by atoms with Crippen molar-refractivity contribution in [3.63, 3.8) is 0 Å². The van der Waals surface area contributed by atoms with Crippen LogP contribution in [0.25, 0.3) is 0 Å². The van der Waals surface area contributed by atoms with E-state index in [4.69, 9.17) is 5.73 Å². The monoisotopic (exact) mass is 349 g/mol. The average Bonchev–Trinajstić information content (AvgIpc) is 2.88. The fraction of sp³-hybridized carbons (Fsp3) is 0.353. The molecule has 0 bridgehead atoms. The molecule has 1 heterocycles. The summed E-state index contributed by atoms with van der Waals surface area (Å²) in [7, 11) is -2.15. The number of carbonyl (C=O) groups excluding carboxylic acids is 1. The van der Waals surface area contributed by atoms with Crippen molar-refractivity contribution >= 4 is 15.9 Å². The lowest BCUT2D eigenvalue weighted by atomic mass is 9.84. The molecule has 6 nitrogen and oxygen atoms in total. The van der Waals surface area contributed by atoms with E-state index in [0.29, 0.717) is 0 Å². The molecule has 0 spiro atoms. The quantitative estimate of drug-likeness (QED) is 0.831. The molecule has 0 atom stereocenters. The lowest BCUT2D eigenvalue weighted by Gasteiger charge is -2.26. The predicted octanol–water partition coefficient (Wildman–Crippen LogP) is 1.69. The van der Waals surface area contributed by atoms with E-state index in [2.05, 4.69) is 4.72 Å². The first-order valence-corrected chi connectivity index (χ1v) is 9.04. The van der Waals surface area contributed by atoms with Crippen LogP contribution in [0.2, 0.25) is 0 Å². The van der Waals surface area contributed by atoms with Crippen molar-refractivity contribution in [3.8, 4) is 0 Å². The Morgan fingerprint density at radius 2 is 1.96 bits per heavy atom. The molecule has 0 aliphatic carbocycles. The largest absolute Gasteiger partial charge is 0.364 e. The number of primary amides is 1. The van der Waals surface area contributed by atoms with Crippen LogP contribution in [0.3, 0.4) is 0 Å². The van der Waals surface area contributed by atoms with Gasteiger partial charge in [0.25, 0.3) is 5.91 Å². The highest BCUT2D eigenvalue weighted by Gasteiger charge is 2.25. The van der Waals surface area contributed by atoms with E-state index >= 15 is 0 Å². The lowest BCUT2D eigenvalue weighted by Crippen LogP contribution is -2.36. The van der Waals surface area contributed by atoms with Gasteiger partial charge in [-0.2, -0.15) is 0 Å². The van der Waals surface area contributed by atoms with Crippen molar-refractivity contribution in [1.82, 2.24) is 9.29 Å². The highest BCUT2D eigenvalue weighted by atomic mass is 32.2. The van der Waals surface area contributed by atoms with Crippen LogP contribution >= 0.6 is 0 Å². The van der Waals surface area contributed by atoms with Crippen molar-refractivity contribution < 1.29 is 13.2 Å². The topological polar surface area (TPSA) is 94.2 Å². The number of benzene rings is 1. The molecular weight excluding hydrogens is 326 g/mol. The average molecular weight is 349 g/mol. The molecule has 0 unspecified atom stereocenters. The fourth-order valence-electron chi connectivity index (χ4n) is 2.45. The molecule has 0 saturated heterocycles. The second-order valence-electron chi connectivity index (χ2n) is 6.61. The van der Waals surface area contributed by atoms with Crippen LogP contribution in [-0.2, 0) is 22.5 Å². The van der Waals surface area contributed by atoms with E-state index in [1.54, 1.807) is 7.05 Å². The summed E-state index contributed by atoms with van der Waals surface area (Å²) < 4.78 is 29.0. The van der Waals surface area contributed by atoms with Gasteiger partial charge < -0.3 is 10.3 Å². The number of nitrogens with zero attached hydrogens (tertiary/aromatic N) is 1. The number of nitrogens with two attached hydrogens (primary N) is 1. The first-order valence-electron chi connectivity index (χ1n) is 7.56. The molecule has 7 heteroatoms. The molecule has 130 valence electrons. The minimum absolute atomic E-state index is 0.0267. The summed E-state index contributed by atoms with van der Waals surface area (Å²) in [5.74, 6) is -0.668. The van der Waals surface area contributed by atoms with Crippen molar-refractivity contribution in [3.05, 3.63) is 53.3 Å². The maximum absolute atomic E-state index is 12.5. The van der Waals surface area contributed by atoms with E-state index in [9.17, 15) is 13.2 Å².